The van der Waals surface area contributed by atoms with E-state index in [1.165, 1.54) is 0 Å². The van der Waals surface area contributed by atoms with Crippen molar-refractivity contribution in [1.82, 2.24) is 19.9 Å². The molecule has 5 rings (SSSR count). The van der Waals surface area contributed by atoms with Gasteiger partial charge >= 0.3 is 0 Å². The molecular formula is C25H28N6OS. The Labute approximate surface area is 197 Å². The van der Waals surface area contributed by atoms with Crippen LogP contribution in [0.5, 0.6) is 0 Å². The maximum Gasteiger partial charge on any atom is 0.225 e. The largest absolute Gasteiger partial charge is 0.396 e. The number of nitrogens with zero attached hydrogens (tertiary/aromatic N) is 4. The van der Waals surface area contributed by atoms with Crippen molar-refractivity contribution >= 4 is 33.3 Å². The highest BCUT2D eigenvalue weighted by Crippen LogP contribution is 2.38. The van der Waals surface area contributed by atoms with Crippen LogP contribution in [0.4, 0.5) is 11.8 Å². The number of hydrogen-bond donors (Lipinski definition) is 3. The first-order chi connectivity index (χ1) is 16.1. The fourth-order valence-electron chi connectivity index (χ4n) is 4.44. The quantitative estimate of drug-likeness (QED) is 0.349. The molecule has 3 aromatic heterocycles. The normalized spacial score (nSPS) is 19.0. The van der Waals surface area contributed by atoms with Crippen molar-refractivity contribution in [2.24, 2.45) is 5.92 Å². The Kier molecular flexibility index (Phi) is 6.20. The molecule has 1 unspecified atom stereocenters. The van der Waals surface area contributed by atoms with Gasteiger partial charge in [-0.25, -0.2) is 9.97 Å². The van der Waals surface area contributed by atoms with Crippen LogP contribution in [-0.4, -0.2) is 37.7 Å². The number of para-hydroxylation sites is 1. The Bertz CT molecular complexity index is 1210. The molecular weight excluding hydrogens is 432 g/mol. The summed E-state index contributed by atoms with van der Waals surface area (Å²) in [7, 11) is 0. The van der Waals surface area contributed by atoms with Crippen molar-refractivity contribution in [1.29, 1.82) is 0 Å². The average Bonchev–Trinajstić information content (AvgIpc) is 3.46. The van der Waals surface area contributed by atoms with Gasteiger partial charge in [-0.1, -0.05) is 18.2 Å². The molecule has 0 aliphatic heterocycles. The summed E-state index contributed by atoms with van der Waals surface area (Å²) in [6, 6.07) is 14.3. The maximum atomic E-state index is 9.58. The van der Waals surface area contributed by atoms with Gasteiger partial charge in [-0.2, -0.15) is 4.98 Å². The summed E-state index contributed by atoms with van der Waals surface area (Å²) in [5.41, 5.74) is 3.73. The first-order valence-electron chi connectivity index (χ1n) is 11.4. The molecule has 1 saturated carbocycles. The number of thiazole rings is 1. The molecule has 1 fully saturated rings. The van der Waals surface area contributed by atoms with E-state index in [1.807, 2.05) is 43.3 Å². The fourth-order valence-corrected chi connectivity index (χ4v) is 5.51. The Morgan fingerprint density at radius 2 is 1.94 bits per heavy atom. The van der Waals surface area contributed by atoms with Gasteiger partial charge in [0.05, 0.1) is 33.2 Å². The zero-order chi connectivity index (χ0) is 22.8. The minimum atomic E-state index is -0.0306. The topological polar surface area (TPSA) is 95.9 Å². The lowest BCUT2D eigenvalue weighted by atomic mass is 10.1. The van der Waals surface area contributed by atoms with Crippen LogP contribution in [0.2, 0.25) is 0 Å². The summed E-state index contributed by atoms with van der Waals surface area (Å²) in [6.45, 7) is 4.30. The lowest BCUT2D eigenvalue weighted by Gasteiger charge is -2.20. The Morgan fingerprint density at radius 3 is 2.70 bits per heavy atom. The lowest BCUT2D eigenvalue weighted by molar-refractivity contribution is 0.229. The number of aliphatic hydroxyl groups is 1. The first-order valence-corrected chi connectivity index (χ1v) is 12.2. The third kappa shape index (κ3) is 4.67. The molecule has 0 saturated heterocycles. The Morgan fingerprint density at radius 1 is 1.09 bits per heavy atom. The number of benzene rings is 1. The molecule has 1 aromatic carbocycles. The number of aromatic nitrogens is 4. The number of fused-ring (bicyclic) bond motifs is 1. The minimum Gasteiger partial charge on any atom is -0.396 e. The molecule has 170 valence electrons. The molecule has 3 N–H and O–H groups in total. The summed E-state index contributed by atoms with van der Waals surface area (Å²) in [5.74, 6) is 1.70. The summed E-state index contributed by atoms with van der Waals surface area (Å²) >= 11 is 1.66. The fraction of sp³-hybridized carbons (Fsp3) is 0.360. The molecule has 0 bridgehead atoms. The summed E-state index contributed by atoms with van der Waals surface area (Å²) in [6.07, 6.45) is 4.77. The zero-order valence-electron chi connectivity index (χ0n) is 18.8. The number of aryl methyl sites for hydroxylation is 1. The van der Waals surface area contributed by atoms with Gasteiger partial charge < -0.3 is 15.7 Å². The van der Waals surface area contributed by atoms with Crippen LogP contribution in [0.15, 0.2) is 48.7 Å². The molecule has 0 spiro atoms. The van der Waals surface area contributed by atoms with Crippen LogP contribution < -0.4 is 10.6 Å². The smallest absolute Gasteiger partial charge is 0.225 e. The number of aliphatic hydroxyl groups excluding tert-OH is 1. The van der Waals surface area contributed by atoms with Gasteiger partial charge in [0, 0.05) is 18.8 Å². The van der Waals surface area contributed by atoms with Crippen molar-refractivity contribution in [3.8, 4) is 10.6 Å². The number of nitrogens with one attached hydrogen (secondary N) is 2. The predicted octanol–water partition coefficient (Wildman–Crippen LogP) is 5.20. The molecule has 3 atom stereocenters. The summed E-state index contributed by atoms with van der Waals surface area (Å²) in [5, 5.41) is 17.6. The Balaban J connectivity index is 1.51. The lowest BCUT2D eigenvalue weighted by Crippen LogP contribution is -2.20. The second kappa shape index (κ2) is 9.41. The third-order valence-electron chi connectivity index (χ3n) is 6.21. The van der Waals surface area contributed by atoms with E-state index in [4.69, 9.17) is 15.0 Å². The average molecular weight is 461 g/mol. The second-order valence-corrected chi connectivity index (χ2v) is 9.70. The van der Waals surface area contributed by atoms with Crippen molar-refractivity contribution in [3.63, 3.8) is 0 Å². The van der Waals surface area contributed by atoms with Crippen molar-refractivity contribution in [2.45, 2.75) is 45.2 Å². The highest BCUT2D eigenvalue weighted by Gasteiger charge is 2.27. The number of pyridine rings is 1. The molecule has 1 aliphatic rings. The van der Waals surface area contributed by atoms with Gasteiger partial charge in [0.1, 0.15) is 10.8 Å². The van der Waals surface area contributed by atoms with Gasteiger partial charge in [0.25, 0.3) is 0 Å². The van der Waals surface area contributed by atoms with Gasteiger partial charge in [-0.3, -0.25) is 4.98 Å². The van der Waals surface area contributed by atoms with E-state index in [-0.39, 0.29) is 18.7 Å². The van der Waals surface area contributed by atoms with Gasteiger partial charge in [-0.05, 0) is 63.3 Å². The van der Waals surface area contributed by atoms with Crippen molar-refractivity contribution in [3.05, 3.63) is 60.0 Å². The van der Waals surface area contributed by atoms with Crippen LogP contribution in [0.1, 0.15) is 43.6 Å². The number of rotatable bonds is 7. The molecule has 7 nitrogen and oxygen atoms in total. The second-order valence-electron chi connectivity index (χ2n) is 8.67. The Hall–Kier alpha value is -3.10. The van der Waals surface area contributed by atoms with Crippen LogP contribution in [0.25, 0.3) is 20.8 Å². The van der Waals surface area contributed by atoms with E-state index in [9.17, 15) is 5.11 Å². The van der Waals surface area contributed by atoms with E-state index in [1.54, 1.807) is 17.5 Å². The van der Waals surface area contributed by atoms with Gasteiger partial charge in [0.2, 0.25) is 5.95 Å². The van der Waals surface area contributed by atoms with E-state index < -0.39 is 0 Å². The minimum absolute atomic E-state index is 0.0306. The highest BCUT2D eigenvalue weighted by molar-refractivity contribution is 7.21. The number of hydrogen-bond acceptors (Lipinski definition) is 8. The van der Waals surface area contributed by atoms with Crippen LogP contribution in [-0.2, 0) is 0 Å². The zero-order valence-corrected chi connectivity index (χ0v) is 19.6. The highest BCUT2D eigenvalue weighted by atomic mass is 32.1. The molecule has 33 heavy (non-hydrogen) atoms. The van der Waals surface area contributed by atoms with Crippen LogP contribution >= 0.6 is 11.3 Å². The summed E-state index contributed by atoms with van der Waals surface area (Å²) < 4.78 is 1.14. The monoisotopic (exact) mass is 460 g/mol. The van der Waals surface area contributed by atoms with Gasteiger partial charge in [0.15, 0.2) is 0 Å². The molecule has 0 radical (unpaired) electrons. The van der Waals surface area contributed by atoms with Gasteiger partial charge in [-0.15, -0.1) is 11.3 Å². The van der Waals surface area contributed by atoms with E-state index in [0.717, 1.165) is 57.3 Å². The number of anilines is 2. The molecule has 4 aromatic rings. The molecule has 0 amide bonds. The standard InChI is InChI=1S/C25H28N6OS/c1-15(19-7-5-6-12-26-19)27-25-28-16(2)22(24-30-20-8-3-4-9-21(20)33-24)23(31-25)29-18-11-10-17(13-18)14-32/h3-9,12,15,17-18,32H,10-11,13-14H2,1-2H3,(H2,27,28,29,31)/t15?,17-,18+/m1/s1. The third-order valence-corrected chi connectivity index (χ3v) is 7.27. The molecule has 8 heteroatoms. The van der Waals surface area contributed by atoms with Crippen LogP contribution in [0.3, 0.4) is 0 Å². The summed E-state index contributed by atoms with van der Waals surface area (Å²) in [4.78, 5) is 19.0. The first kappa shape index (κ1) is 21.7. The van der Waals surface area contributed by atoms with Crippen molar-refractivity contribution in [2.75, 3.05) is 17.2 Å². The van der Waals surface area contributed by atoms with E-state index >= 15 is 0 Å². The maximum absolute atomic E-state index is 9.58. The predicted molar refractivity (Wildman–Crippen MR) is 133 cm³/mol. The van der Waals surface area contributed by atoms with E-state index in [0.29, 0.717) is 11.9 Å². The molecule has 1 aliphatic carbocycles. The van der Waals surface area contributed by atoms with E-state index in [2.05, 4.69) is 28.6 Å². The van der Waals surface area contributed by atoms with Crippen molar-refractivity contribution < 1.29 is 5.11 Å². The van der Waals surface area contributed by atoms with Crippen LogP contribution in [0, 0.1) is 12.8 Å². The SMILES string of the molecule is Cc1nc(NC(C)c2ccccn2)nc(N[C@H]2CC[C@@H](CO)C2)c1-c1nc2ccccc2s1. The molecule has 3 heterocycles.